The largest absolute Gasteiger partial charge is 0.382 e. The number of hydrogen-bond donors (Lipinski definition) is 1. The molecule has 1 fully saturated rings. The number of rotatable bonds is 3. The van der Waals surface area contributed by atoms with Crippen LogP contribution >= 0.6 is 0 Å². The lowest BCUT2D eigenvalue weighted by Gasteiger charge is -2.34. The summed E-state index contributed by atoms with van der Waals surface area (Å²) >= 11 is 0. The Morgan fingerprint density at radius 1 is 1.14 bits per heavy atom. The van der Waals surface area contributed by atoms with Gasteiger partial charge in [-0.05, 0) is 39.4 Å². The summed E-state index contributed by atoms with van der Waals surface area (Å²) in [4.78, 5) is 9.55. The van der Waals surface area contributed by atoms with Crippen LogP contribution in [0.2, 0.25) is 0 Å². The summed E-state index contributed by atoms with van der Waals surface area (Å²) in [6.07, 6.45) is 2.02. The summed E-state index contributed by atoms with van der Waals surface area (Å²) < 4.78 is 0. The number of pyridine rings is 1. The number of nitrogens with zero attached hydrogens (tertiary/aromatic N) is 3. The van der Waals surface area contributed by atoms with Gasteiger partial charge < -0.3 is 15.1 Å². The molecule has 1 aromatic heterocycles. The lowest BCUT2D eigenvalue weighted by molar-refractivity contribution is 0.312. The van der Waals surface area contributed by atoms with Crippen LogP contribution in [-0.2, 0) is 0 Å². The predicted molar refractivity (Wildman–Crippen MR) is 94.9 cm³/mol. The maximum Gasteiger partial charge on any atom is 0.136 e. The van der Waals surface area contributed by atoms with Gasteiger partial charge in [-0.3, -0.25) is 0 Å². The van der Waals surface area contributed by atoms with Crippen LogP contribution in [0.5, 0.6) is 0 Å². The molecule has 2 heterocycles. The van der Waals surface area contributed by atoms with Crippen LogP contribution in [0.3, 0.4) is 0 Å². The molecular formula is C18H26N4. The van der Waals surface area contributed by atoms with Gasteiger partial charge in [0.05, 0.1) is 0 Å². The van der Waals surface area contributed by atoms with Crippen LogP contribution in [0.25, 0.3) is 10.8 Å². The Morgan fingerprint density at radius 3 is 2.55 bits per heavy atom. The van der Waals surface area contributed by atoms with Crippen molar-refractivity contribution in [2.24, 2.45) is 0 Å². The van der Waals surface area contributed by atoms with Gasteiger partial charge in [0.25, 0.3) is 0 Å². The van der Waals surface area contributed by atoms with Gasteiger partial charge >= 0.3 is 0 Å². The molecule has 0 radical (unpaired) electrons. The average molecular weight is 298 g/mol. The van der Waals surface area contributed by atoms with E-state index in [0.29, 0.717) is 6.04 Å². The van der Waals surface area contributed by atoms with Crippen LogP contribution in [-0.4, -0.2) is 49.2 Å². The van der Waals surface area contributed by atoms with Gasteiger partial charge in [-0.2, -0.15) is 0 Å². The number of piperazine rings is 1. The molecule has 1 aliphatic rings. The fraction of sp³-hybridized carbons (Fsp3) is 0.500. The third kappa shape index (κ3) is 2.88. The fourth-order valence-electron chi connectivity index (χ4n) is 3.16. The second kappa shape index (κ2) is 6.13. The summed E-state index contributed by atoms with van der Waals surface area (Å²) in [7, 11) is 2.18. The molecule has 2 aromatic rings. The average Bonchev–Trinajstić information content (AvgIpc) is 2.48. The van der Waals surface area contributed by atoms with Crippen LogP contribution < -0.4 is 10.2 Å². The molecule has 0 atom stereocenters. The highest BCUT2D eigenvalue weighted by molar-refractivity contribution is 6.02. The molecular weight excluding hydrogens is 272 g/mol. The Balaban J connectivity index is 2.07. The summed E-state index contributed by atoms with van der Waals surface area (Å²) in [6, 6.07) is 6.93. The topological polar surface area (TPSA) is 31.4 Å². The molecule has 1 N–H and O–H groups in total. The van der Waals surface area contributed by atoms with E-state index in [4.69, 9.17) is 4.98 Å². The molecule has 1 aliphatic heterocycles. The quantitative estimate of drug-likeness (QED) is 0.943. The van der Waals surface area contributed by atoms with Crippen molar-refractivity contribution in [3.8, 4) is 0 Å². The lowest BCUT2D eigenvalue weighted by Crippen LogP contribution is -2.44. The Labute approximate surface area is 133 Å². The second-order valence-corrected chi connectivity index (χ2v) is 6.58. The standard InChI is InChI=1S/C18H26N4/c1-13(2)20-16-7-5-6-15-17(16)14(3)12-19-18(15)22-10-8-21(4)9-11-22/h5-7,12-13,20H,8-11H2,1-4H3. The maximum absolute atomic E-state index is 4.76. The second-order valence-electron chi connectivity index (χ2n) is 6.58. The summed E-state index contributed by atoms with van der Waals surface area (Å²) in [6.45, 7) is 10.8. The molecule has 4 nitrogen and oxygen atoms in total. The summed E-state index contributed by atoms with van der Waals surface area (Å²) in [5.41, 5.74) is 2.44. The number of nitrogens with one attached hydrogen (secondary N) is 1. The van der Waals surface area contributed by atoms with Crippen LogP contribution in [0, 0.1) is 6.92 Å². The van der Waals surface area contributed by atoms with E-state index in [1.165, 1.54) is 22.0 Å². The van der Waals surface area contributed by atoms with E-state index in [1.54, 1.807) is 0 Å². The minimum Gasteiger partial charge on any atom is -0.382 e. The van der Waals surface area contributed by atoms with E-state index in [2.05, 4.69) is 61.1 Å². The van der Waals surface area contributed by atoms with Crippen LogP contribution in [0.15, 0.2) is 24.4 Å². The minimum absolute atomic E-state index is 0.422. The van der Waals surface area contributed by atoms with Gasteiger partial charge in [0, 0.05) is 54.9 Å². The van der Waals surface area contributed by atoms with E-state index >= 15 is 0 Å². The van der Waals surface area contributed by atoms with Gasteiger partial charge in [0.2, 0.25) is 0 Å². The predicted octanol–water partition coefficient (Wildman–Crippen LogP) is 3.12. The number of aromatic nitrogens is 1. The van der Waals surface area contributed by atoms with Crippen molar-refractivity contribution in [1.29, 1.82) is 0 Å². The molecule has 0 amide bonds. The summed E-state index contributed by atoms with van der Waals surface area (Å²) in [5, 5.41) is 6.14. The molecule has 118 valence electrons. The van der Waals surface area contributed by atoms with Crippen molar-refractivity contribution >= 4 is 22.3 Å². The fourth-order valence-corrected chi connectivity index (χ4v) is 3.16. The first-order valence-corrected chi connectivity index (χ1v) is 8.14. The Hall–Kier alpha value is -1.81. The molecule has 3 rings (SSSR count). The molecule has 22 heavy (non-hydrogen) atoms. The van der Waals surface area contributed by atoms with Gasteiger partial charge in [-0.15, -0.1) is 0 Å². The normalized spacial score (nSPS) is 16.5. The number of likely N-dealkylation sites (N-methyl/N-ethyl adjacent to an activating group) is 1. The molecule has 4 heteroatoms. The third-order valence-electron chi connectivity index (χ3n) is 4.33. The van der Waals surface area contributed by atoms with E-state index in [1.807, 2.05) is 6.20 Å². The van der Waals surface area contributed by atoms with Crippen molar-refractivity contribution in [3.05, 3.63) is 30.0 Å². The van der Waals surface area contributed by atoms with E-state index in [0.717, 1.165) is 32.0 Å². The molecule has 1 aromatic carbocycles. The zero-order valence-corrected chi connectivity index (χ0v) is 14.1. The Kier molecular flexibility index (Phi) is 4.21. The smallest absolute Gasteiger partial charge is 0.136 e. The van der Waals surface area contributed by atoms with Gasteiger partial charge in [-0.25, -0.2) is 4.98 Å². The Bertz CT molecular complexity index is 657. The molecule has 0 aliphatic carbocycles. The van der Waals surface area contributed by atoms with Gasteiger partial charge in [0.1, 0.15) is 5.82 Å². The molecule has 0 unspecified atom stereocenters. The molecule has 0 saturated carbocycles. The number of benzene rings is 1. The zero-order chi connectivity index (χ0) is 15.7. The highest BCUT2D eigenvalue weighted by Crippen LogP contribution is 2.33. The van der Waals surface area contributed by atoms with Crippen molar-refractivity contribution < 1.29 is 0 Å². The molecule has 0 bridgehead atoms. The highest BCUT2D eigenvalue weighted by atomic mass is 15.3. The van der Waals surface area contributed by atoms with E-state index in [-0.39, 0.29) is 0 Å². The first-order chi connectivity index (χ1) is 10.6. The van der Waals surface area contributed by atoms with Crippen molar-refractivity contribution in [2.45, 2.75) is 26.8 Å². The van der Waals surface area contributed by atoms with Crippen LogP contribution in [0.4, 0.5) is 11.5 Å². The van der Waals surface area contributed by atoms with E-state index in [9.17, 15) is 0 Å². The van der Waals surface area contributed by atoms with Crippen molar-refractivity contribution in [1.82, 2.24) is 9.88 Å². The van der Waals surface area contributed by atoms with Gasteiger partial charge in [0.15, 0.2) is 0 Å². The van der Waals surface area contributed by atoms with E-state index < -0.39 is 0 Å². The number of hydrogen-bond acceptors (Lipinski definition) is 4. The third-order valence-corrected chi connectivity index (χ3v) is 4.33. The summed E-state index contributed by atoms with van der Waals surface area (Å²) in [5.74, 6) is 1.13. The highest BCUT2D eigenvalue weighted by Gasteiger charge is 2.19. The van der Waals surface area contributed by atoms with Crippen molar-refractivity contribution in [2.75, 3.05) is 43.4 Å². The van der Waals surface area contributed by atoms with Gasteiger partial charge in [-0.1, -0.05) is 12.1 Å². The minimum atomic E-state index is 0.422. The first-order valence-electron chi connectivity index (χ1n) is 8.14. The number of aryl methyl sites for hydroxylation is 1. The van der Waals surface area contributed by atoms with Crippen molar-refractivity contribution in [3.63, 3.8) is 0 Å². The maximum atomic E-state index is 4.76. The monoisotopic (exact) mass is 298 g/mol. The molecule has 1 saturated heterocycles. The number of anilines is 2. The zero-order valence-electron chi connectivity index (χ0n) is 14.1. The lowest BCUT2D eigenvalue weighted by atomic mass is 10.0. The van der Waals surface area contributed by atoms with Crippen LogP contribution in [0.1, 0.15) is 19.4 Å². The first kappa shape index (κ1) is 15.1. The molecule has 0 spiro atoms. The Morgan fingerprint density at radius 2 is 1.86 bits per heavy atom. The number of fused-ring (bicyclic) bond motifs is 1. The SMILES string of the molecule is Cc1cnc(N2CCN(C)CC2)c2cccc(NC(C)C)c12.